The lowest BCUT2D eigenvalue weighted by molar-refractivity contribution is 1.28. The molecule has 0 fully saturated rings. The number of aryl methyl sites for hydroxylation is 8. The fourth-order valence-electron chi connectivity index (χ4n) is 15.6. The molecule has 4 aliphatic heterocycles. The van der Waals surface area contributed by atoms with E-state index < -0.39 is 0 Å². The molecule has 4 heteroatoms. The summed E-state index contributed by atoms with van der Waals surface area (Å²) in [4.78, 5) is 5.08. The van der Waals surface area contributed by atoms with Gasteiger partial charge in [-0.25, -0.2) is 0 Å². The van der Waals surface area contributed by atoms with Crippen LogP contribution in [0, 0.1) is 55.4 Å². The molecule has 0 spiro atoms. The third kappa shape index (κ3) is 5.74. The summed E-state index contributed by atoms with van der Waals surface area (Å²) in [6.45, 7) is 18.5. The van der Waals surface area contributed by atoms with E-state index >= 15 is 0 Å². The molecular formula is C72H54B2N2. The van der Waals surface area contributed by atoms with Crippen LogP contribution in [-0.2, 0) is 0 Å². The van der Waals surface area contributed by atoms with Crippen LogP contribution in [0.4, 0.5) is 34.1 Å². The summed E-state index contributed by atoms with van der Waals surface area (Å²) in [6, 6.07) is 70.8. The van der Waals surface area contributed by atoms with Gasteiger partial charge in [0.05, 0.1) is 0 Å². The molecule has 0 atom stereocenters. The molecule has 0 aromatic heterocycles. The first-order valence-corrected chi connectivity index (χ1v) is 27.2. The lowest BCUT2D eigenvalue weighted by Crippen LogP contribution is -2.60. The van der Waals surface area contributed by atoms with Gasteiger partial charge < -0.3 is 9.80 Å². The SMILES string of the molecule is Cc1cc(C)c(-c2cc3c4c(cc5c(-c6c(C)cc(C)cc6C)cc6c7c(cc2c4c57)B2c4ccccc4N(c4ccccc4)c4cc(C)cc-6c42)B2c4ccccc4N(c4ccccc4)c4cc(C)cc-3c42)c(C)c1. The van der Waals surface area contributed by atoms with E-state index in [0.29, 0.717) is 0 Å². The van der Waals surface area contributed by atoms with Gasteiger partial charge in [-0.1, -0.05) is 143 Å². The first-order chi connectivity index (χ1) is 37.0. The van der Waals surface area contributed by atoms with Crippen molar-refractivity contribution < 1.29 is 0 Å². The van der Waals surface area contributed by atoms with Crippen LogP contribution in [0.25, 0.3) is 76.8 Å². The summed E-state index contributed by atoms with van der Waals surface area (Å²) in [5.41, 5.74) is 36.7. The summed E-state index contributed by atoms with van der Waals surface area (Å²) in [5, 5.41) is 8.27. The summed E-state index contributed by atoms with van der Waals surface area (Å²) >= 11 is 0. The van der Waals surface area contributed by atoms with Gasteiger partial charge in [-0.3, -0.25) is 0 Å². The Labute approximate surface area is 446 Å². The van der Waals surface area contributed by atoms with Crippen molar-refractivity contribution >= 4 is 113 Å². The molecule has 0 saturated carbocycles. The van der Waals surface area contributed by atoms with Gasteiger partial charge in [0.15, 0.2) is 0 Å². The zero-order chi connectivity index (χ0) is 51.2. The van der Waals surface area contributed by atoms with Crippen LogP contribution in [0.3, 0.4) is 0 Å². The summed E-state index contributed by atoms with van der Waals surface area (Å²) < 4.78 is 0. The molecule has 358 valence electrons. The Bertz CT molecular complexity index is 4230. The Balaban J connectivity index is 1.15. The lowest BCUT2D eigenvalue weighted by atomic mass is 9.31. The fraction of sp³-hybridized carbons (Fsp3) is 0.111. The van der Waals surface area contributed by atoms with Gasteiger partial charge >= 0.3 is 0 Å². The van der Waals surface area contributed by atoms with Gasteiger partial charge in [-0.05, 0) is 248 Å². The molecule has 0 N–H and O–H groups in total. The molecule has 16 rings (SSSR count). The van der Waals surface area contributed by atoms with Crippen LogP contribution in [-0.4, -0.2) is 13.4 Å². The highest BCUT2D eigenvalue weighted by molar-refractivity contribution is 7.02. The van der Waals surface area contributed by atoms with Gasteiger partial charge in [0, 0.05) is 34.1 Å². The molecule has 76 heavy (non-hydrogen) atoms. The van der Waals surface area contributed by atoms with Crippen molar-refractivity contribution in [1.82, 2.24) is 0 Å². The largest absolute Gasteiger partial charge is 0.311 e. The molecule has 12 aromatic rings. The summed E-state index contributed by atoms with van der Waals surface area (Å²) in [5.74, 6) is 0. The molecule has 12 aromatic carbocycles. The molecule has 2 nitrogen and oxygen atoms in total. The highest BCUT2D eigenvalue weighted by Gasteiger charge is 2.46. The van der Waals surface area contributed by atoms with Gasteiger partial charge in [-0.15, -0.1) is 0 Å². The second-order valence-electron chi connectivity index (χ2n) is 22.8. The number of benzene rings is 12. The first kappa shape index (κ1) is 43.8. The van der Waals surface area contributed by atoms with E-state index in [-0.39, 0.29) is 13.4 Å². The third-order valence-corrected chi connectivity index (χ3v) is 17.9. The minimum Gasteiger partial charge on any atom is -0.311 e. The fourth-order valence-corrected chi connectivity index (χ4v) is 15.6. The normalized spacial score (nSPS) is 13.4. The number of rotatable bonds is 4. The number of hydrogen-bond acceptors (Lipinski definition) is 2. The molecule has 0 aliphatic carbocycles. The maximum atomic E-state index is 2.69. The Morgan fingerprint density at radius 3 is 1.03 bits per heavy atom. The van der Waals surface area contributed by atoms with Gasteiger partial charge in [0.2, 0.25) is 13.4 Å². The molecule has 0 radical (unpaired) electrons. The Morgan fingerprint density at radius 1 is 0.276 bits per heavy atom. The van der Waals surface area contributed by atoms with Crippen LogP contribution < -0.4 is 42.6 Å². The number of anilines is 6. The van der Waals surface area contributed by atoms with E-state index in [4.69, 9.17) is 0 Å². The lowest BCUT2D eigenvalue weighted by Gasteiger charge is -2.42. The van der Waals surface area contributed by atoms with Crippen molar-refractivity contribution in [2.75, 3.05) is 9.80 Å². The average molecular weight is 969 g/mol. The number of hydrogen-bond donors (Lipinski definition) is 0. The summed E-state index contributed by atoms with van der Waals surface area (Å²) in [6.07, 6.45) is 0. The van der Waals surface area contributed by atoms with Crippen molar-refractivity contribution in [1.29, 1.82) is 0 Å². The first-order valence-electron chi connectivity index (χ1n) is 27.2. The molecule has 4 heterocycles. The van der Waals surface area contributed by atoms with Crippen LogP contribution >= 0.6 is 0 Å². The quantitative estimate of drug-likeness (QED) is 0.128. The van der Waals surface area contributed by atoms with Crippen molar-refractivity contribution in [2.24, 2.45) is 0 Å². The molecule has 0 amide bonds. The molecule has 0 saturated heterocycles. The Hall–Kier alpha value is -8.59. The van der Waals surface area contributed by atoms with Crippen molar-refractivity contribution in [2.45, 2.75) is 55.4 Å². The standard InChI is InChI=1S/C72H54B2N2/c1-39-27-43(5)65(44(6)28-39)49-35-51-55-31-41(3)33-63-71(55)74(58-24-16-18-26-62(58)75(63)47-19-11-9-12-20-47)60-38-54-50(66-45(7)29-40(2)30-46(66)8)36-52-56-32-42(4)34-64-72(56)73(59-37-53(49)69(67(51)60)70(54)68(52)59)57-23-15-17-25-61(57)76(64)48-21-13-10-14-22-48/h9-38H,1-8H3. The predicted octanol–water partition coefficient (Wildman–Crippen LogP) is 14.9. The average Bonchev–Trinajstić information content (AvgIpc) is 3.23. The van der Waals surface area contributed by atoms with Gasteiger partial charge in [-0.2, -0.15) is 0 Å². The van der Waals surface area contributed by atoms with E-state index in [1.54, 1.807) is 0 Å². The minimum absolute atomic E-state index is 0.00908. The molecule has 0 bridgehead atoms. The second-order valence-corrected chi connectivity index (χ2v) is 22.8. The van der Waals surface area contributed by atoms with Crippen LogP contribution in [0.1, 0.15) is 44.5 Å². The van der Waals surface area contributed by atoms with Gasteiger partial charge in [0.25, 0.3) is 0 Å². The molecular weight excluding hydrogens is 914 g/mol. The van der Waals surface area contributed by atoms with Gasteiger partial charge in [0.1, 0.15) is 0 Å². The van der Waals surface area contributed by atoms with E-state index in [1.165, 1.54) is 188 Å². The molecule has 4 aliphatic rings. The molecule has 0 unspecified atom stereocenters. The topological polar surface area (TPSA) is 6.48 Å². The van der Waals surface area contributed by atoms with Crippen molar-refractivity contribution in [3.8, 4) is 44.5 Å². The number of para-hydroxylation sites is 4. The zero-order valence-corrected chi connectivity index (χ0v) is 44.4. The van der Waals surface area contributed by atoms with E-state index in [1.807, 2.05) is 0 Å². The maximum Gasteiger partial charge on any atom is 0.248 e. The van der Waals surface area contributed by atoms with Crippen LogP contribution in [0.15, 0.2) is 182 Å². The minimum atomic E-state index is 0.00908. The van der Waals surface area contributed by atoms with Crippen molar-refractivity contribution in [3.05, 3.63) is 226 Å². The second kappa shape index (κ2) is 15.5. The van der Waals surface area contributed by atoms with E-state index in [9.17, 15) is 0 Å². The number of nitrogens with zero attached hydrogens (tertiary/aromatic N) is 2. The van der Waals surface area contributed by atoms with E-state index in [0.717, 1.165) is 0 Å². The van der Waals surface area contributed by atoms with E-state index in [2.05, 4.69) is 247 Å². The highest BCUT2D eigenvalue weighted by atomic mass is 15.2. The van der Waals surface area contributed by atoms with Crippen molar-refractivity contribution in [3.63, 3.8) is 0 Å². The Kier molecular flexibility index (Phi) is 8.93. The van der Waals surface area contributed by atoms with Crippen LogP contribution in [0.2, 0.25) is 0 Å². The predicted molar refractivity (Wildman–Crippen MR) is 328 cm³/mol. The summed E-state index contributed by atoms with van der Waals surface area (Å²) in [7, 11) is 0. The monoisotopic (exact) mass is 968 g/mol. The van der Waals surface area contributed by atoms with Crippen LogP contribution in [0.5, 0.6) is 0 Å². The zero-order valence-electron chi connectivity index (χ0n) is 44.4. The smallest absolute Gasteiger partial charge is 0.248 e. The Morgan fingerprint density at radius 2 is 0.632 bits per heavy atom. The third-order valence-electron chi connectivity index (χ3n) is 17.9. The highest BCUT2D eigenvalue weighted by Crippen LogP contribution is 2.53. The maximum absolute atomic E-state index is 2.69. The number of fused-ring (bicyclic) bond motifs is 8.